The largest absolute Gasteiger partial charge is 0.465 e. The lowest BCUT2D eigenvalue weighted by atomic mass is 9.91. The van der Waals surface area contributed by atoms with Crippen molar-refractivity contribution in [3.05, 3.63) is 11.7 Å². The number of carbonyl (C=O) groups is 1. The molecule has 0 bridgehead atoms. The number of nitrogens with zero attached hydrogens (tertiary/aromatic N) is 2. The smallest absolute Gasteiger partial charge is 0.318 e. The van der Waals surface area contributed by atoms with Crippen molar-refractivity contribution in [3.63, 3.8) is 0 Å². The van der Waals surface area contributed by atoms with Crippen molar-refractivity contribution in [2.45, 2.75) is 70.6 Å². The summed E-state index contributed by atoms with van der Waals surface area (Å²) in [6.07, 6.45) is 8.61. The Morgan fingerprint density at radius 1 is 1.30 bits per heavy atom. The fourth-order valence-corrected chi connectivity index (χ4v) is 2.67. The summed E-state index contributed by atoms with van der Waals surface area (Å²) < 4.78 is 10.2. The molecule has 0 aliphatic heterocycles. The number of esters is 1. The zero-order chi connectivity index (χ0) is 14.4. The van der Waals surface area contributed by atoms with E-state index in [1.807, 2.05) is 0 Å². The van der Waals surface area contributed by atoms with Gasteiger partial charge in [0.05, 0.1) is 6.61 Å². The predicted molar refractivity (Wildman–Crippen MR) is 74.4 cm³/mol. The molecule has 0 saturated heterocycles. The highest BCUT2D eigenvalue weighted by Crippen LogP contribution is 2.30. The number of rotatable bonds is 4. The summed E-state index contributed by atoms with van der Waals surface area (Å²) in [7, 11) is 0. The van der Waals surface area contributed by atoms with Crippen molar-refractivity contribution < 1.29 is 14.1 Å². The highest BCUT2D eigenvalue weighted by atomic mass is 16.5. The molecule has 5 heteroatoms. The summed E-state index contributed by atoms with van der Waals surface area (Å²) in [5.74, 6) is 0.728. The van der Waals surface area contributed by atoms with Gasteiger partial charge < -0.3 is 9.26 Å². The first-order valence-electron chi connectivity index (χ1n) is 7.72. The van der Waals surface area contributed by atoms with Gasteiger partial charge >= 0.3 is 5.97 Å². The fraction of sp³-hybridized carbons (Fsp3) is 0.800. The topological polar surface area (TPSA) is 65.2 Å². The van der Waals surface area contributed by atoms with Crippen LogP contribution in [-0.4, -0.2) is 22.7 Å². The Labute approximate surface area is 120 Å². The average Bonchev–Trinajstić information content (AvgIpc) is 2.87. The maximum absolute atomic E-state index is 11.7. The van der Waals surface area contributed by atoms with E-state index in [1.165, 1.54) is 32.1 Å². The normalized spacial score (nSPS) is 19.1. The van der Waals surface area contributed by atoms with Gasteiger partial charge in [-0.3, -0.25) is 4.79 Å². The van der Waals surface area contributed by atoms with Crippen LogP contribution in [-0.2, 0) is 9.53 Å². The molecule has 20 heavy (non-hydrogen) atoms. The van der Waals surface area contributed by atoms with E-state index in [4.69, 9.17) is 9.26 Å². The molecule has 0 radical (unpaired) electrons. The van der Waals surface area contributed by atoms with E-state index in [0.29, 0.717) is 18.4 Å². The van der Waals surface area contributed by atoms with E-state index in [-0.39, 0.29) is 5.97 Å². The van der Waals surface area contributed by atoms with E-state index >= 15 is 0 Å². The number of carbonyl (C=O) groups excluding carboxylic acids is 1. The second kappa shape index (κ2) is 7.41. The third kappa shape index (κ3) is 3.81. The van der Waals surface area contributed by atoms with Crippen LogP contribution in [0.2, 0.25) is 0 Å². The monoisotopic (exact) mass is 280 g/mol. The first-order chi connectivity index (χ1) is 9.72. The summed E-state index contributed by atoms with van der Waals surface area (Å²) in [6.45, 7) is 3.90. The third-order valence-electron chi connectivity index (χ3n) is 3.94. The van der Waals surface area contributed by atoms with Crippen molar-refractivity contribution in [2.24, 2.45) is 0 Å². The van der Waals surface area contributed by atoms with Gasteiger partial charge in [-0.2, -0.15) is 4.98 Å². The summed E-state index contributed by atoms with van der Waals surface area (Å²) >= 11 is 0. The molecule has 0 spiro atoms. The minimum atomic E-state index is -0.482. The van der Waals surface area contributed by atoms with Gasteiger partial charge in [0.2, 0.25) is 5.89 Å². The molecule has 1 aliphatic carbocycles. The SMILES string of the molecule is CCOC(=O)C(C)c1nc(C2CCCCCCC2)no1. The van der Waals surface area contributed by atoms with Crippen LogP contribution in [0.15, 0.2) is 4.52 Å². The van der Waals surface area contributed by atoms with Crippen molar-refractivity contribution >= 4 is 5.97 Å². The molecule has 1 aliphatic rings. The van der Waals surface area contributed by atoms with Crippen LogP contribution in [0.4, 0.5) is 0 Å². The third-order valence-corrected chi connectivity index (χ3v) is 3.94. The van der Waals surface area contributed by atoms with Gasteiger partial charge in [0.25, 0.3) is 0 Å². The molecule has 112 valence electrons. The molecule has 0 N–H and O–H groups in total. The van der Waals surface area contributed by atoms with Gasteiger partial charge in [-0.15, -0.1) is 0 Å². The van der Waals surface area contributed by atoms with E-state index in [0.717, 1.165) is 18.7 Å². The lowest BCUT2D eigenvalue weighted by molar-refractivity contribution is -0.145. The Hall–Kier alpha value is -1.39. The van der Waals surface area contributed by atoms with E-state index < -0.39 is 5.92 Å². The van der Waals surface area contributed by atoms with E-state index in [9.17, 15) is 4.79 Å². The maximum atomic E-state index is 11.7. The molecule has 1 atom stereocenters. The van der Waals surface area contributed by atoms with Crippen LogP contribution < -0.4 is 0 Å². The summed E-state index contributed by atoms with van der Waals surface area (Å²) in [4.78, 5) is 16.1. The molecule has 1 heterocycles. The number of hydrogen-bond acceptors (Lipinski definition) is 5. The summed E-state index contributed by atoms with van der Waals surface area (Å²) in [6, 6.07) is 0. The van der Waals surface area contributed by atoms with Crippen molar-refractivity contribution in [1.29, 1.82) is 0 Å². The highest BCUT2D eigenvalue weighted by molar-refractivity contribution is 5.76. The first-order valence-corrected chi connectivity index (χ1v) is 7.72. The average molecular weight is 280 g/mol. The highest BCUT2D eigenvalue weighted by Gasteiger charge is 2.25. The predicted octanol–water partition coefficient (Wildman–Crippen LogP) is 3.56. The Morgan fingerprint density at radius 3 is 2.60 bits per heavy atom. The Balaban J connectivity index is 2.01. The standard InChI is InChI=1S/C15H24N2O3/c1-3-19-15(18)11(2)14-16-13(17-20-14)12-9-7-5-4-6-8-10-12/h11-12H,3-10H2,1-2H3. The molecule has 2 rings (SSSR count). The molecular weight excluding hydrogens is 256 g/mol. The Morgan fingerprint density at radius 2 is 1.95 bits per heavy atom. The van der Waals surface area contributed by atoms with Crippen LogP contribution in [0, 0.1) is 0 Å². The lowest BCUT2D eigenvalue weighted by Gasteiger charge is -2.15. The lowest BCUT2D eigenvalue weighted by Crippen LogP contribution is -2.13. The maximum Gasteiger partial charge on any atom is 0.318 e. The van der Waals surface area contributed by atoms with Gasteiger partial charge in [0, 0.05) is 5.92 Å². The number of aromatic nitrogens is 2. The van der Waals surface area contributed by atoms with Crippen LogP contribution >= 0.6 is 0 Å². The molecule has 1 saturated carbocycles. The zero-order valence-electron chi connectivity index (χ0n) is 12.4. The Bertz CT molecular complexity index is 423. The first kappa shape index (κ1) is 15.0. The fourth-order valence-electron chi connectivity index (χ4n) is 2.67. The molecule has 1 fully saturated rings. The van der Waals surface area contributed by atoms with Gasteiger partial charge in [0.15, 0.2) is 5.82 Å². The van der Waals surface area contributed by atoms with Crippen LogP contribution in [0.3, 0.4) is 0 Å². The zero-order valence-corrected chi connectivity index (χ0v) is 12.4. The summed E-state index contributed by atoms with van der Waals surface area (Å²) in [5.41, 5.74) is 0. The number of hydrogen-bond donors (Lipinski definition) is 0. The van der Waals surface area contributed by atoms with Crippen molar-refractivity contribution in [1.82, 2.24) is 10.1 Å². The molecule has 0 aromatic carbocycles. The summed E-state index contributed by atoms with van der Waals surface area (Å²) in [5, 5.41) is 4.08. The van der Waals surface area contributed by atoms with Gasteiger partial charge in [0.1, 0.15) is 5.92 Å². The minimum absolute atomic E-state index is 0.305. The van der Waals surface area contributed by atoms with Gasteiger partial charge in [-0.1, -0.05) is 37.3 Å². The van der Waals surface area contributed by atoms with Crippen molar-refractivity contribution in [3.8, 4) is 0 Å². The second-order valence-electron chi connectivity index (χ2n) is 5.51. The van der Waals surface area contributed by atoms with Gasteiger partial charge in [-0.05, 0) is 26.7 Å². The van der Waals surface area contributed by atoms with Crippen molar-refractivity contribution in [2.75, 3.05) is 6.61 Å². The Kier molecular flexibility index (Phi) is 5.56. The number of ether oxygens (including phenoxy) is 1. The van der Waals surface area contributed by atoms with E-state index in [2.05, 4.69) is 10.1 Å². The second-order valence-corrected chi connectivity index (χ2v) is 5.51. The van der Waals surface area contributed by atoms with E-state index in [1.54, 1.807) is 13.8 Å². The molecular formula is C15H24N2O3. The van der Waals surface area contributed by atoms with Crippen LogP contribution in [0.1, 0.15) is 82.3 Å². The molecule has 0 amide bonds. The molecule has 1 aromatic rings. The molecule has 1 unspecified atom stereocenters. The van der Waals surface area contributed by atoms with Crippen LogP contribution in [0.5, 0.6) is 0 Å². The molecule has 1 aromatic heterocycles. The van der Waals surface area contributed by atoms with Gasteiger partial charge in [-0.25, -0.2) is 0 Å². The molecule has 5 nitrogen and oxygen atoms in total. The quantitative estimate of drug-likeness (QED) is 0.789. The minimum Gasteiger partial charge on any atom is -0.465 e. The van der Waals surface area contributed by atoms with Crippen LogP contribution in [0.25, 0.3) is 0 Å².